The van der Waals surface area contributed by atoms with E-state index in [1.165, 1.54) is 18.5 Å². The predicted molar refractivity (Wildman–Crippen MR) is 98.6 cm³/mol. The zero-order valence-corrected chi connectivity index (χ0v) is 15.8. The van der Waals surface area contributed by atoms with Gasteiger partial charge in [0.15, 0.2) is 0 Å². The normalized spacial score (nSPS) is 11.3. The zero-order valence-electron chi connectivity index (χ0n) is 14.2. The number of benzene rings is 1. The third kappa shape index (κ3) is 5.38. The molecule has 0 saturated heterocycles. The minimum atomic E-state index is -3.61. The molecule has 0 atom stereocenters. The van der Waals surface area contributed by atoms with Gasteiger partial charge in [0.05, 0.1) is 9.77 Å². The van der Waals surface area contributed by atoms with E-state index >= 15 is 0 Å². The first-order valence-electron chi connectivity index (χ1n) is 7.90. The summed E-state index contributed by atoms with van der Waals surface area (Å²) in [5.41, 5.74) is 0.913. The van der Waals surface area contributed by atoms with E-state index in [1.54, 1.807) is 4.90 Å². The molecule has 0 fully saturated rings. The average Bonchev–Trinajstić information content (AvgIpc) is 3.12. The Morgan fingerprint density at radius 2 is 1.92 bits per heavy atom. The summed E-state index contributed by atoms with van der Waals surface area (Å²) in [6.07, 6.45) is 0.281. The minimum Gasteiger partial charge on any atom is -0.481 e. The Hall–Kier alpha value is -2.23. The average molecular weight is 396 g/mol. The number of carboxylic acid groups (broad SMARTS) is 1. The van der Waals surface area contributed by atoms with E-state index in [0.29, 0.717) is 17.8 Å². The highest BCUT2D eigenvalue weighted by Gasteiger charge is 2.21. The quantitative estimate of drug-likeness (QED) is 0.676. The lowest BCUT2D eigenvalue weighted by atomic mass is 10.2. The second kappa shape index (κ2) is 8.93. The van der Waals surface area contributed by atoms with Gasteiger partial charge in [-0.25, -0.2) is 13.1 Å². The molecule has 0 unspecified atom stereocenters. The molecule has 0 aliphatic heterocycles. The number of thiophene rings is 1. The van der Waals surface area contributed by atoms with E-state index in [1.807, 2.05) is 30.3 Å². The topological polar surface area (TPSA) is 104 Å². The zero-order chi connectivity index (χ0) is 19.2. The molecule has 140 valence electrons. The van der Waals surface area contributed by atoms with Crippen LogP contribution in [0.1, 0.15) is 28.1 Å². The van der Waals surface area contributed by atoms with E-state index in [2.05, 4.69) is 4.72 Å². The van der Waals surface area contributed by atoms with Crippen LogP contribution < -0.4 is 4.72 Å². The van der Waals surface area contributed by atoms with Crippen LogP contribution in [0.2, 0.25) is 0 Å². The second-order valence-corrected chi connectivity index (χ2v) is 8.36. The van der Waals surface area contributed by atoms with Crippen molar-refractivity contribution in [2.24, 2.45) is 0 Å². The molecule has 1 heterocycles. The fourth-order valence-corrected chi connectivity index (χ4v) is 4.29. The molecule has 0 spiro atoms. The molecular weight excluding hydrogens is 376 g/mol. The number of hydrogen-bond acceptors (Lipinski definition) is 5. The van der Waals surface area contributed by atoms with Crippen molar-refractivity contribution >= 4 is 33.2 Å². The van der Waals surface area contributed by atoms with Gasteiger partial charge < -0.3 is 10.0 Å². The summed E-state index contributed by atoms with van der Waals surface area (Å²) >= 11 is 1.05. The van der Waals surface area contributed by atoms with Crippen LogP contribution in [0.15, 0.2) is 46.7 Å². The molecule has 1 aromatic carbocycles. The highest BCUT2D eigenvalue weighted by atomic mass is 32.2. The van der Waals surface area contributed by atoms with Crippen LogP contribution in [0.3, 0.4) is 0 Å². The molecule has 2 rings (SSSR count). The molecule has 0 aliphatic carbocycles. The third-order valence-electron chi connectivity index (χ3n) is 3.69. The van der Waals surface area contributed by atoms with Crippen molar-refractivity contribution in [2.45, 2.75) is 24.3 Å². The van der Waals surface area contributed by atoms with Gasteiger partial charge in [-0.3, -0.25) is 9.59 Å². The summed E-state index contributed by atoms with van der Waals surface area (Å²) in [6.45, 7) is 0.595. The Morgan fingerprint density at radius 1 is 1.23 bits per heavy atom. The molecule has 1 aromatic heterocycles. The van der Waals surface area contributed by atoms with Crippen LogP contribution in [0.25, 0.3) is 0 Å². The van der Waals surface area contributed by atoms with E-state index in [0.717, 1.165) is 16.9 Å². The van der Waals surface area contributed by atoms with Crippen molar-refractivity contribution in [2.75, 3.05) is 13.6 Å². The first kappa shape index (κ1) is 20.1. The summed E-state index contributed by atoms with van der Waals surface area (Å²) in [7, 11) is -2.30. The van der Waals surface area contributed by atoms with Crippen LogP contribution in [-0.2, 0) is 21.4 Å². The molecule has 26 heavy (non-hydrogen) atoms. The van der Waals surface area contributed by atoms with E-state index in [4.69, 9.17) is 5.11 Å². The van der Waals surface area contributed by atoms with Crippen molar-refractivity contribution in [3.8, 4) is 0 Å². The molecule has 2 aromatic rings. The maximum Gasteiger partial charge on any atom is 0.303 e. The van der Waals surface area contributed by atoms with Gasteiger partial charge in [-0.1, -0.05) is 30.3 Å². The minimum absolute atomic E-state index is 0.0393. The molecule has 1 amide bonds. The molecule has 0 radical (unpaired) electrons. The van der Waals surface area contributed by atoms with Gasteiger partial charge in [-0.15, -0.1) is 11.3 Å². The molecule has 0 saturated carbocycles. The molecule has 2 N–H and O–H groups in total. The first-order chi connectivity index (χ1) is 12.3. The number of nitrogens with zero attached hydrogens (tertiary/aromatic N) is 1. The van der Waals surface area contributed by atoms with Crippen molar-refractivity contribution in [1.29, 1.82) is 0 Å². The molecule has 7 nitrogen and oxygen atoms in total. The van der Waals surface area contributed by atoms with Crippen LogP contribution >= 0.6 is 11.3 Å². The van der Waals surface area contributed by atoms with Gasteiger partial charge >= 0.3 is 5.97 Å². The van der Waals surface area contributed by atoms with Gasteiger partial charge in [-0.2, -0.15) is 0 Å². The van der Waals surface area contributed by atoms with Gasteiger partial charge in [0.1, 0.15) is 0 Å². The predicted octanol–water partition coefficient (Wildman–Crippen LogP) is 2.16. The first-order valence-corrected chi connectivity index (χ1v) is 10.3. The number of carboxylic acids is 1. The number of carbonyl (C=O) groups excluding carboxylic acids is 1. The van der Waals surface area contributed by atoms with E-state index < -0.39 is 16.0 Å². The molecule has 0 aliphatic rings. The van der Waals surface area contributed by atoms with E-state index in [-0.39, 0.29) is 23.8 Å². The SMILES string of the molecule is CNS(=O)(=O)c1csc(C(=O)N(CCCC(=O)O)Cc2ccccc2)c1. The number of aliphatic carboxylic acids is 1. The van der Waals surface area contributed by atoms with Gasteiger partial charge in [-0.05, 0) is 25.1 Å². The third-order valence-corrected chi connectivity index (χ3v) is 6.15. The lowest BCUT2D eigenvalue weighted by Crippen LogP contribution is -2.31. The monoisotopic (exact) mass is 396 g/mol. The fourth-order valence-electron chi connectivity index (χ4n) is 2.32. The van der Waals surface area contributed by atoms with Gasteiger partial charge in [0, 0.05) is 24.9 Å². The van der Waals surface area contributed by atoms with Gasteiger partial charge in [0.25, 0.3) is 5.91 Å². The maximum absolute atomic E-state index is 12.8. The summed E-state index contributed by atoms with van der Waals surface area (Å²) in [5.74, 6) is -1.24. The molecule has 9 heteroatoms. The largest absolute Gasteiger partial charge is 0.481 e. The Balaban J connectivity index is 2.20. The Kier molecular flexibility index (Phi) is 6.90. The number of carbonyl (C=O) groups is 2. The Morgan fingerprint density at radius 3 is 2.54 bits per heavy atom. The Labute approximate surface area is 156 Å². The van der Waals surface area contributed by atoms with Crippen molar-refractivity contribution in [3.63, 3.8) is 0 Å². The highest BCUT2D eigenvalue weighted by molar-refractivity contribution is 7.89. The number of hydrogen-bond donors (Lipinski definition) is 2. The van der Waals surface area contributed by atoms with Crippen molar-refractivity contribution < 1.29 is 23.1 Å². The lowest BCUT2D eigenvalue weighted by molar-refractivity contribution is -0.137. The number of sulfonamides is 1. The number of nitrogens with one attached hydrogen (secondary N) is 1. The van der Waals surface area contributed by atoms with Gasteiger partial charge in [0.2, 0.25) is 10.0 Å². The lowest BCUT2D eigenvalue weighted by Gasteiger charge is -2.22. The summed E-state index contributed by atoms with van der Waals surface area (Å²) in [4.78, 5) is 25.5. The molecular formula is C17H20N2O5S2. The fraction of sp³-hybridized carbons (Fsp3) is 0.294. The Bertz CT molecular complexity index is 862. The standard InChI is InChI=1S/C17H20N2O5S2/c1-18-26(23,24)14-10-15(25-12-14)17(22)19(9-5-8-16(20)21)11-13-6-3-2-4-7-13/h2-4,6-7,10,12,18H,5,8-9,11H2,1H3,(H,20,21). The van der Waals surface area contributed by atoms with Crippen molar-refractivity contribution in [3.05, 3.63) is 52.2 Å². The summed E-state index contributed by atoms with van der Waals surface area (Å²) in [5, 5.41) is 10.2. The number of amides is 1. The summed E-state index contributed by atoms with van der Waals surface area (Å²) < 4.78 is 25.9. The van der Waals surface area contributed by atoms with Crippen LogP contribution in [-0.4, -0.2) is 43.9 Å². The van der Waals surface area contributed by atoms with Crippen LogP contribution in [0.4, 0.5) is 0 Å². The van der Waals surface area contributed by atoms with E-state index in [9.17, 15) is 18.0 Å². The number of rotatable bonds is 9. The maximum atomic E-state index is 12.8. The van der Waals surface area contributed by atoms with Crippen LogP contribution in [0, 0.1) is 0 Å². The highest BCUT2D eigenvalue weighted by Crippen LogP contribution is 2.22. The van der Waals surface area contributed by atoms with Crippen molar-refractivity contribution in [1.82, 2.24) is 9.62 Å². The second-order valence-electron chi connectivity index (χ2n) is 5.56. The summed E-state index contributed by atoms with van der Waals surface area (Å²) in [6, 6.07) is 10.7. The molecule has 0 bridgehead atoms. The van der Waals surface area contributed by atoms with Crippen LogP contribution in [0.5, 0.6) is 0 Å². The smallest absolute Gasteiger partial charge is 0.303 e.